The Balaban J connectivity index is 1.81. The number of rotatable bonds is 3. The van der Waals surface area contributed by atoms with Crippen LogP contribution in [0.1, 0.15) is 5.56 Å². The first-order chi connectivity index (χ1) is 10.2. The minimum absolute atomic E-state index is 0.736. The van der Waals surface area contributed by atoms with Crippen LogP contribution in [0.5, 0.6) is 0 Å². The number of morpholine rings is 1. The fourth-order valence-corrected chi connectivity index (χ4v) is 2.44. The van der Waals surface area contributed by atoms with E-state index >= 15 is 0 Å². The Morgan fingerprint density at radius 3 is 2.86 bits per heavy atom. The summed E-state index contributed by atoms with van der Waals surface area (Å²) in [6.07, 6.45) is 1.58. The van der Waals surface area contributed by atoms with Crippen LogP contribution in [-0.4, -0.2) is 36.3 Å². The molecule has 6 heteroatoms. The predicted molar refractivity (Wildman–Crippen MR) is 84.5 cm³/mol. The fourth-order valence-electron chi connectivity index (χ4n) is 2.26. The summed E-state index contributed by atoms with van der Waals surface area (Å²) in [6.45, 7) is 5.16. The van der Waals surface area contributed by atoms with E-state index in [4.69, 9.17) is 16.3 Å². The van der Waals surface area contributed by atoms with E-state index in [0.717, 1.165) is 54.2 Å². The molecule has 1 aliphatic heterocycles. The summed E-state index contributed by atoms with van der Waals surface area (Å²) in [5.41, 5.74) is 1.96. The van der Waals surface area contributed by atoms with Crippen LogP contribution in [0.15, 0.2) is 30.6 Å². The summed E-state index contributed by atoms with van der Waals surface area (Å²) < 4.78 is 5.36. The monoisotopic (exact) mass is 304 g/mol. The molecule has 2 heterocycles. The van der Waals surface area contributed by atoms with Gasteiger partial charge in [-0.2, -0.15) is 0 Å². The zero-order valence-corrected chi connectivity index (χ0v) is 12.6. The van der Waals surface area contributed by atoms with E-state index in [-0.39, 0.29) is 0 Å². The van der Waals surface area contributed by atoms with Crippen molar-refractivity contribution in [3.8, 4) is 0 Å². The summed E-state index contributed by atoms with van der Waals surface area (Å²) in [7, 11) is 0. The van der Waals surface area contributed by atoms with E-state index < -0.39 is 0 Å². The number of halogens is 1. The average molecular weight is 305 g/mol. The maximum Gasteiger partial charge on any atom is 0.135 e. The molecule has 0 unspecified atom stereocenters. The quantitative estimate of drug-likeness (QED) is 0.944. The largest absolute Gasteiger partial charge is 0.378 e. The number of hydrogen-bond acceptors (Lipinski definition) is 5. The summed E-state index contributed by atoms with van der Waals surface area (Å²) in [5.74, 6) is 1.67. The summed E-state index contributed by atoms with van der Waals surface area (Å²) >= 11 is 6.14. The second-order valence-corrected chi connectivity index (χ2v) is 5.31. The van der Waals surface area contributed by atoms with Gasteiger partial charge in [0.1, 0.15) is 18.0 Å². The van der Waals surface area contributed by atoms with Crippen LogP contribution in [0.2, 0.25) is 5.02 Å². The van der Waals surface area contributed by atoms with Gasteiger partial charge in [0.25, 0.3) is 0 Å². The minimum Gasteiger partial charge on any atom is -0.378 e. The molecule has 0 spiro atoms. The number of nitrogens with one attached hydrogen (secondary N) is 1. The summed E-state index contributed by atoms with van der Waals surface area (Å²) in [5, 5.41) is 4.04. The van der Waals surface area contributed by atoms with Gasteiger partial charge in [-0.25, -0.2) is 9.97 Å². The van der Waals surface area contributed by atoms with Crippen molar-refractivity contribution in [2.75, 3.05) is 36.5 Å². The lowest BCUT2D eigenvalue weighted by atomic mass is 10.2. The van der Waals surface area contributed by atoms with Gasteiger partial charge >= 0.3 is 0 Å². The lowest BCUT2D eigenvalue weighted by Gasteiger charge is -2.27. The van der Waals surface area contributed by atoms with Crippen LogP contribution in [0.3, 0.4) is 0 Å². The first-order valence-corrected chi connectivity index (χ1v) is 7.29. The van der Waals surface area contributed by atoms with Crippen molar-refractivity contribution in [3.05, 3.63) is 41.2 Å². The van der Waals surface area contributed by atoms with Crippen LogP contribution in [0, 0.1) is 6.92 Å². The van der Waals surface area contributed by atoms with Crippen molar-refractivity contribution in [1.29, 1.82) is 0 Å². The number of ether oxygens (including phenoxy) is 1. The molecule has 0 saturated carbocycles. The first-order valence-electron chi connectivity index (χ1n) is 6.91. The van der Waals surface area contributed by atoms with Crippen molar-refractivity contribution in [3.63, 3.8) is 0 Å². The number of anilines is 3. The molecule has 110 valence electrons. The molecule has 0 bridgehead atoms. The Morgan fingerprint density at radius 1 is 1.24 bits per heavy atom. The van der Waals surface area contributed by atoms with Gasteiger partial charge in [-0.15, -0.1) is 0 Å². The number of benzene rings is 1. The van der Waals surface area contributed by atoms with E-state index in [1.165, 1.54) is 0 Å². The lowest BCUT2D eigenvalue weighted by Crippen LogP contribution is -2.36. The van der Waals surface area contributed by atoms with Crippen molar-refractivity contribution in [1.82, 2.24) is 9.97 Å². The van der Waals surface area contributed by atoms with E-state index in [9.17, 15) is 0 Å². The lowest BCUT2D eigenvalue weighted by molar-refractivity contribution is 0.122. The van der Waals surface area contributed by atoms with Crippen LogP contribution in [-0.2, 0) is 4.74 Å². The van der Waals surface area contributed by atoms with E-state index in [2.05, 4.69) is 20.2 Å². The van der Waals surface area contributed by atoms with Gasteiger partial charge in [0, 0.05) is 29.9 Å². The van der Waals surface area contributed by atoms with Crippen LogP contribution >= 0.6 is 11.6 Å². The highest BCUT2D eigenvalue weighted by Gasteiger charge is 2.13. The van der Waals surface area contributed by atoms with Crippen molar-refractivity contribution < 1.29 is 4.74 Å². The second kappa shape index (κ2) is 6.28. The van der Waals surface area contributed by atoms with Crippen LogP contribution in [0.25, 0.3) is 0 Å². The molecular formula is C15H17ClN4O. The summed E-state index contributed by atoms with van der Waals surface area (Å²) in [4.78, 5) is 10.8. The zero-order valence-electron chi connectivity index (χ0n) is 11.8. The molecule has 0 aliphatic carbocycles. The molecule has 21 heavy (non-hydrogen) atoms. The fraction of sp³-hybridized carbons (Fsp3) is 0.333. The predicted octanol–water partition coefficient (Wildman–Crippen LogP) is 3.02. The summed E-state index contributed by atoms with van der Waals surface area (Å²) in [6, 6.07) is 7.73. The Hall–Kier alpha value is -1.85. The molecule has 1 N–H and O–H groups in total. The molecule has 1 fully saturated rings. The second-order valence-electron chi connectivity index (χ2n) is 4.90. The molecule has 3 rings (SSSR count). The molecule has 1 aliphatic rings. The molecule has 5 nitrogen and oxygen atoms in total. The van der Waals surface area contributed by atoms with Gasteiger partial charge in [-0.05, 0) is 24.6 Å². The molecular weight excluding hydrogens is 288 g/mol. The third-order valence-electron chi connectivity index (χ3n) is 3.52. The number of aromatic nitrogens is 2. The Kier molecular flexibility index (Phi) is 4.22. The Morgan fingerprint density at radius 2 is 2.05 bits per heavy atom. The Bertz CT molecular complexity index is 629. The molecule has 1 aromatic heterocycles. The van der Waals surface area contributed by atoms with E-state index in [1.54, 1.807) is 6.33 Å². The van der Waals surface area contributed by atoms with E-state index in [1.807, 2.05) is 31.2 Å². The van der Waals surface area contributed by atoms with E-state index in [0.29, 0.717) is 0 Å². The van der Waals surface area contributed by atoms with Crippen LogP contribution < -0.4 is 10.2 Å². The molecule has 1 aromatic carbocycles. The van der Waals surface area contributed by atoms with Gasteiger partial charge in [-0.1, -0.05) is 17.7 Å². The van der Waals surface area contributed by atoms with Crippen molar-refractivity contribution in [2.45, 2.75) is 6.92 Å². The van der Waals surface area contributed by atoms with Crippen molar-refractivity contribution in [2.24, 2.45) is 0 Å². The third-order valence-corrected chi connectivity index (χ3v) is 3.93. The van der Waals surface area contributed by atoms with Gasteiger partial charge in [-0.3, -0.25) is 0 Å². The van der Waals surface area contributed by atoms with Crippen LogP contribution in [0.4, 0.5) is 17.3 Å². The highest BCUT2D eigenvalue weighted by atomic mass is 35.5. The normalized spacial score (nSPS) is 15.0. The zero-order chi connectivity index (χ0) is 14.7. The maximum absolute atomic E-state index is 6.14. The Labute approximate surface area is 128 Å². The van der Waals surface area contributed by atoms with Gasteiger partial charge in [0.2, 0.25) is 0 Å². The standard InChI is InChI=1S/C15H17ClN4O/c1-11-12(16)3-2-4-13(11)19-14-9-15(18-10-17-14)20-5-7-21-8-6-20/h2-4,9-10H,5-8H2,1H3,(H,17,18,19). The van der Waals surface area contributed by atoms with Gasteiger partial charge < -0.3 is 15.0 Å². The SMILES string of the molecule is Cc1c(Cl)cccc1Nc1cc(N2CCOCC2)ncn1. The molecule has 0 atom stereocenters. The molecule has 0 amide bonds. The average Bonchev–Trinajstić information content (AvgIpc) is 2.53. The first kappa shape index (κ1) is 14.1. The third kappa shape index (κ3) is 3.25. The highest BCUT2D eigenvalue weighted by molar-refractivity contribution is 6.31. The highest BCUT2D eigenvalue weighted by Crippen LogP contribution is 2.26. The number of nitrogens with zero attached hydrogens (tertiary/aromatic N) is 3. The van der Waals surface area contributed by atoms with Gasteiger partial charge in [0.15, 0.2) is 0 Å². The molecule has 1 saturated heterocycles. The van der Waals surface area contributed by atoms with Crippen molar-refractivity contribution >= 4 is 28.9 Å². The smallest absolute Gasteiger partial charge is 0.135 e. The van der Waals surface area contributed by atoms with Gasteiger partial charge in [0.05, 0.1) is 13.2 Å². The minimum atomic E-state index is 0.736. The number of hydrogen-bond donors (Lipinski definition) is 1. The molecule has 0 radical (unpaired) electrons. The molecule has 2 aromatic rings. The maximum atomic E-state index is 6.14. The topological polar surface area (TPSA) is 50.3 Å².